The van der Waals surface area contributed by atoms with E-state index in [1.54, 1.807) is 4.90 Å². The van der Waals surface area contributed by atoms with Crippen LogP contribution < -0.4 is 5.32 Å². The fourth-order valence-corrected chi connectivity index (χ4v) is 3.69. The molecule has 3 aromatic rings. The van der Waals surface area contributed by atoms with Crippen LogP contribution in [0.15, 0.2) is 41.5 Å². The van der Waals surface area contributed by atoms with Crippen molar-refractivity contribution in [2.75, 3.05) is 6.54 Å². The fraction of sp³-hybridized carbons (Fsp3) is 0.286. The number of aliphatic carboxylic acids is 1. The molecule has 1 aromatic carbocycles. The highest BCUT2D eigenvalue weighted by Crippen LogP contribution is 2.20. The fourth-order valence-electron chi connectivity index (χ4n) is 3.69. The van der Waals surface area contributed by atoms with Gasteiger partial charge in [0.2, 0.25) is 11.9 Å². The van der Waals surface area contributed by atoms with Gasteiger partial charge in [-0.25, -0.2) is 14.8 Å². The van der Waals surface area contributed by atoms with E-state index in [2.05, 4.69) is 25.3 Å². The SMILES string of the molecule is Cc1cc(C)nc(N=C2NC(=O)C[C@@H](C(=O)O)N2CCc2c[nH]c3ccccc23)n1. The summed E-state index contributed by atoms with van der Waals surface area (Å²) in [7, 11) is 0. The Morgan fingerprint density at radius 2 is 2.00 bits per heavy atom. The van der Waals surface area contributed by atoms with E-state index >= 15 is 0 Å². The average molecular weight is 406 g/mol. The van der Waals surface area contributed by atoms with Crippen LogP contribution in [0.25, 0.3) is 10.9 Å². The monoisotopic (exact) mass is 406 g/mol. The zero-order valence-electron chi connectivity index (χ0n) is 16.7. The number of carboxylic acids is 1. The number of para-hydroxylation sites is 1. The van der Waals surface area contributed by atoms with E-state index in [9.17, 15) is 14.7 Å². The van der Waals surface area contributed by atoms with Crippen molar-refractivity contribution in [1.29, 1.82) is 0 Å². The maximum atomic E-state index is 12.1. The first-order valence-corrected chi connectivity index (χ1v) is 9.66. The number of benzene rings is 1. The van der Waals surface area contributed by atoms with Crippen molar-refractivity contribution in [1.82, 2.24) is 25.2 Å². The first-order valence-electron chi connectivity index (χ1n) is 9.66. The van der Waals surface area contributed by atoms with Gasteiger partial charge >= 0.3 is 5.97 Å². The minimum absolute atomic E-state index is 0.143. The van der Waals surface area contributed by atoms with Crippen LogP contribution in [0.4, 0.5) is 5.95 Å². The Balaban J connectivity index is 1.66. The van der Waals surface area contributed by atoms with Gasteiger partial charge < -0.3 is 15.0 Å². The maximum Gasteiger partial charge on any atom is 0.326 e. The average Bonchev–Trinajstić information content (AvgIpc) is 3.09. The van der Waals surface area contributed by atoms with Crippen LogP contribution >= 0.6 is 0 Å². The summed E-state index contributed by atoms with van der Waals surface area (Å²) in [5.41, 5.74) is 3.56. The summed E-state index contributed by atoms with van der Waals surface area (Å²) in [5.74, 6) is -1.12. The molecule has 0 aliphatic carbocycles. The Labute approximate surface area is 172 Å². The molecule has 30 heavy (non-hydrogen) atoms. The number of fused-ring (bicyclic) bond motifs is 1. The highest BCUT2D eigenvalue weighted by molar-refractivity contribution is 6.04. The van der Waals surface area contributed by atoms with Gasteiger partial charge in [0.1, 0.15) is 6.04 Å². The number of carbonyl (C=O) groups excluding carboxylic acids is 1. The molecule has 1 amide bonds. The lowest BCUT2D eigenvalue weighted by Gasteiger charge is -2.35. The molecule has 0 spiro atoms. The van der Waals surface area contributed by atoms with Gasteiger partial charge in [-0.15, -0.1) is 0 Å². The van der Waals surface area contributed by atoms with E-state index in [0.29, 0.717) is 13.0 Å². The molecule has 2 aromatic heterocycles. The molecular weight excluding hydrogens is 384 g/mol. The number of hydrogen-bond donors (Lipinski definition) is 3. The molecule has 3 heterocycles. The Morgan fingerprint density at radius 3 is 2.73 bits per heavy atom. The molecule has 3 N–H and O–H groups in total. The number of nitrogens with zero attached hydrogens (tertiary/aromatic N) is 4. The first-order chi connectivity index (χ1) is 14.4. The second kappa shape index (κ2) is 7.94. The predicted molar refractivity (Wildman–Crippen MR) is 111 cm³/mol. The number of aryl methyl sites for hydroxylation is 2. The Hall–Kier alpha value is -3.75. The van der Waals surface area contributed by atoms with Gasteiger partial charge in [0, 0.05) is 35.0 Å². The molecule has 1 aliphatic heterocycles. The Bertz CT molecular complexity index is 1130. The van der Waals surface area contributed by atoms with Gasteiger partial charge in [-0.05, 0) is 38.0 Å². The van der Waals surface area contributed by atoms with Crippen LogP contribution in [0.3, 0.4) is 0 Å². The molecule has 0 saturated carbocycles. The highest BCUT2D eigenvalue weighted by Gasteiger charge is 2.36. The zero-order chi connectivity index (χ0) is 21.3. The van der Waals surface area contributed by atoms with Crippen LogP contribution in [-0.4, -0.2) is 55.4 Å². The third-order valence-electron chi connectivity index (χ3n) is 5.04. The van der Waals surface area contributed by atoms with Crippen molar-refractivity contribution in [3.8, 4) is 0 Å². The molecule has 9 heteroatoms. The molecule has 4 rings (SSSR count). The van der Waals surface area contributed by atoms with Crippen molar-refractivity contribution in [2.24, 2.45) is 4.99 Å². The van der Waals surface area contributed by atoms with E-state index in [1.165, 1.54) is 0 Å². The molecule has 0 unspecified atom stereocenters. The minimum Gasteiger partial charge on any atom is -0.480 e. The number of aromatic amines is 1. The van der Waals surface area contributed by atoms with E-state index in [0.717, 1.165) is 27.9 Å². The van der Waals surface area contributed by atoms with Gasteiger partial charge in [-0.1, -0.05) is 18.2 Å². The predicted octanol–water partition coefficient (Wildman–Crippen LogP) is 2.08. The maximum absolute atomic E-state index is 12.1. The number of aliphatic imine (C=N–C) groups is 1. The molecular formula is C21H22N6O3. The summed E-state index contributed by atoms with van der Waals surface area (Å²) in [5, 5.41) is 13.5. The Morgan fingerprint density at radius 1 is 1.27 bits per heavy atom. The highest BCUT2D eigenvalue weighted by atomic mass is 16.4. The lowest BCUT2D eigenvalue weighted by atomic mass is 10.1. The van der Waals surface area contributed by atoms with E-state index in [4.69, 9.17) is 0 Å². The van der Waals surface area contributed by atoms with Gasteiger partial charge in [0.25, 0.3) is 5.95 Å². The normalized spacial score (nSPS) is 18.1. The van der Waals surface area contributed by atoms with E-state index in [1.807, 2.05) is 50.4 Å². The Kier molecular flexibility index (Phi) is 5.18. The van der Waals surface area contributed by atoms with E-state index in [-0.39, 0.29) is 18.3 Å². The standard InChI is InChI=1S/C21H22N6O3/c1-12-9-13(2)24-20(23-12)26-21-25-18(28)10-17(19(29)30)27(21)8-7-14-11-22-16-6-4-3-5-15(14)16/h3-6,9,11,17,22H,7-8,10H2,1-2H3,(H,29,30)(H,23,24,25,26,28)/t17-/m0/s1. The third kappa shape index (κ3) is 4.00. The van der Waals surface area contributed by atoms with E-state index < -0.39 is 17.9 Å². The summed E-state index contributed by atoms with van der Waals surface area (Å²) in [6, 6.07) is 8.74. The van der Waals surface area contributed by atoms with Crippen molar-refractivity contribution in [3.63, 3.8) is 0 Å². The summed E-state index contributed by atoms with van der Waals surface area (Å²) in [6.45, 7) is 4.02. The van der Waals surface area contributed by atoms with Crippen molar-refractivity contribution >= 4 is 34.7 Å². The molecule has 0 bridgehead atoms. The summed E-state index contributed by atoms with van der Waals surface area (Å²) in [4.78, 5) is 41.8. The number of rotatable bonds is 5. The van der Waals surface area contributed by atoms with Crippen molar-refractivity contribution < 1.29 is 14.7 Å². The van der Waals surface area contributed by atoms with Crippen molar-refractivity contribution in [2.45, 2.75) is 32.7 Å². The lowest BCUT2D eigenvalue weighted by molar-refractivity contribution is -0.145. The molecule has 1 atom stereocenters. The topological polar surface area (TPSA) is 124 Å². The van der Waals surface area contributed by atoms with Crippen LogP contribution in [-0.2, 0) is 16.0 Å². The number of H-pyrrole nitrogens is 1. The number of amides is 1. The second-order valence-electron chi connectivity index (χ2n) is 7.30. The largest absolute Gasteiger partial charge is 0.480 e. The minimum atomic E-state index is -1.07. The number of guanidine groups is 1. The molecule has 1 saturated heterocycles. The van der Waals surface area contributed by atoms with Crippen LogP contribution in [0.2, 0.25) is 0 Å². The van der Waals surface area contributed by atoms with Gasteiger partial charge in [0.05, 0.1) is 6.42 Å². The number of carboxylic acid groups (broad SMARTS) is 1. The van der Waals surface area contributed by atoms with Gasteiger partial charge in [-0.3, -0.25) is 10.1 Å². The van der Waals surface area contributed by atoms with Gasteiger partial charge in [0.15, 0.2) is 0 Å². The summed E-state index contributed by atoms with van der Waals surface area (Å²) < 4.78 is 0. The van der Waals surface area contributed by atoms with Crippen LogP contribution in [0.5, 0.6) is 0 Å². The molecule has 9 nitrogen and oxygen atoms in total. The first kappa shape index (κ1) is 19.6. The number of nitrogens with one attached hydrogen (secondary N) is 2. The molecule has 1 fully saturated rings. The smallest absolute Gasteiger partial charge is 0.326 e. The quantitative estimate of drug-likeness (QED) is 0.596. The zero-order valence-corrected chi connectivity index (χ0v) is 16.7. The van der Waals surface area contributed by atoms with Gasteiger partial charge in [-0.2, -0.15) is 4.99 Å². The number of hydrogen-bond acceptors (Lipinski definition) is 5. The summed E-state index contributed by atoms with van der Waals surface area (Å²) >= 11 is 0. The second-order valence-corrected chi connectivity index (χ2v) is 7.30. The lowest BCUT2D eigenvalue weighted by Crippen LogP contribution is -2.58. The summed E-state index contributed by atoms with van der Waals surface area (Å²) in [6.07, 6.45) is 2.36. The van der Waals surface area contributed by atoms with Crippen molar-refractivity contribution in [3.05, 3.63) is 53.5 Å². The molecule has 0 radical (unpaired) electrons. The molecule has 154 valence electrons. The number of carbonyl (C=O) groups is 2. The third-order valence-corrected chi connectivity index (χ3v) is 5.04. The van der Waals surface area contributed by atoms with Crippen LogP contribution in [0.1, 0.15) is 23.4 Å². The van der Waals surface area contributed by atoms with Crippen LogP contribution in [0, 0.1) is 13.8 Å². The molecule has 1 aliphatic rings. The number of aromatic nitrogens is 3.